The minimum Gasteiger partial charge on any atom is -0.335 e. The molecule has 0 radical (unpaired) electrons. The molecule has 0 aromatic heterocycles. The second-order valence-electron chi connectivity index (χ2n) is 5.13. The summed E-state index contributed by atoms with van der Waals surface area (Å²) in [6.07, 6.45) is 4.09. The molecule has 0 spiro atoms. The van der Waals surface area contributed by atoms with Crippen molar-refractivity contribution in [3.63, 3.8) is 0 Å². The summed E-state index contributed by atoms with van der Waals surface area (Å²) in [7, 11) is 0. The molecule has 1 atom stereocenters. The number of nitrogens with two attached hydrogens (primary N) is 1. The maximum Gasteiger partial charge on any atom is 0.233 e. The van der Waals surface area contributed by atoms with Gasteiger partial charge in [-0.1, -0.05) is 6.42 Å². The summed E-state index contributed by atoms with van der Waals surface area (Å²) in [5.74, 6) is -1.25. The number of hydrogen-bond acceptors (Lipinski definition) is 4. The SMILES string of the molecule is CC(C)(C)OC(N)(C=O)N1CCCCC1. The first-order valence-corrected chi connectivity index (χ1v) is 5.58. The van der Waals surface area contributed by atoms with Crippen molar-refractivity contribution in [3.05, 3.63) is 0 Å². The smallest absolute Gasteiger partial charge is 0.233 e. The monoisotopic (exact) mass is 214 g/mol. The molecule has 1 heterocycles. The van der Waals surface area contributed by atoms with Crippen LogP contribution >= 0.6 is 0 Å². The number of carbonyl (C=O) groups excluding carboxylic acids is 1. The molecule has 0 aromatic rings. The number of aldehydes is 1. The van der Waals surface area contributed by atoms with E-state index >= 15 is 0 Å². The second-order valence-corrected chi connectivity index (χ2v) is 5.13. The lowest BCUT2D eigenvalue weighted by atomic mass is 10.1. The lowest BCUT2D eigenvalue weighted by molar-refractivity contribution is -0.203. The molecule has 0 aliphatic carbocycles. The van der Waals surface area contributed by atoms with Crippen molar-refractivity contribution in [2.75, 3.05) is 13.1 Å². The molecule has 2 N–H and O–H groups in total. The van der Waals surface area contributed by atoms with Gasteiger partial charge < -0.3 is 4.74 Å². The Hall–Kier alpha value is -0.450. The van der Waals surface area contributed by atoms with Crippen LogP contribution in [0.1, 0.15) is 40.0 Å². The molecule has 0 aromatic carbocycles. The summed E-state index contributed by atoms with van der Waals surface area (Å²) >= 11 is 0. The molecular weight excluding hydrogens is 192 g/mol. The van der Waals surface area contributed by atoms with Gasteiger partial charge in [0, 0.05) is 13.1 Å². The van der Waals surface area contributed by atoms with Crippen molar-refractivity contribution < 1.29 is 9.53 Å². The Morgan fingerprint density at radius 2 is 1.73 bits per heavy atom. The lowest BCUT2D eigenvalue weighted by Crippen LogP contribution is -2.63. The van der Waals surface area contributed by atoms with Crippen LogP contribution in [0.15, 0.2) is 0 Å². The average molecular weight is 214 g/mol. The summed E-state index contributed by atoms with van der Waals surface area (Å²) < 4.78 is 5.65. The van der Waals surface area contributed by atoms with Gasteiger partial charge in [-0.05, 0) is 33.6 Å². The Morgan fingerprint density at radius 1 is 1.20 bits per heavy atom. The average Bonchev–Trinajstić information content (AvgIpc) is 2.16. The van der Waals surface area contributed by atoms with Crippen molar-refractivity contribution in [2.45, 2.75) is 51.5 Å². The molecule has 0 amide bonds. The lowest BCUT2D eigenvalue weighted by Gasteiger charge is -2.42. The van der Waals surface area contributed by atoms with E-state index in [0.717, 1.165) is 25.9 Å². The molecule has 0 saturated carbocycles. The molecule has 0 bridgehead atoms. The Labute approximate surface area is 91.8 Å². The highest BCUT2D eigenvalue weighted by molar-refractivity contribution is 5.60. The fourth-order valence-electron chi connectivity index (χ4n) is 1.90. The summed E-state index contributed by atoms with van der Waals surface area (Å²) in [5.41, 5.74) is 5.58. The zero-order chi connectivity index (χ0) is 11.5. The predicted octanol–water partition coefficient (Wildman–Crippen LogP) is 1.10. The van der Waals surface area contributed by atoms with Gasteiger partial charge in [0.25, 0.3) is 0 Å². The van der Waals surface area contributed by atoms with Crippen molar-refractivity contribution in [2.24, 2.45) is 5.73 Å². The van der Waals surface area contributed by atoms with Crippen LogP contribution < -0.4 is 5.73 Å². The van der Waals surface area contributed by atoms with Crippen molar-refractivity contribution >= 4 is 6.29 Å². The van der Waals surface area contributed by atoms with Gasteiger partial charge in [0.15, 0.2) is 6.29 Å². The molecule has 4 nitrogen and oxygen atoms in total. The Balaban J connectivity index is 2.69. The van der Waals surface area contributed by atoms with E-state index in [9.17, 15) is 4.79 Å². The van der Waals surface area contributed by atoms with Crippen LogP contribution in [-0.4, -0.2) is 35.7 Å². The zero-order valence-corrected chi connectivity index (χ0v) is 9.95. The fraction of sp³-hybridized carbons (Fsp3) is 0.909. The van der Waals surface area contributed by atoms with E-state index in [4.69, 9.17) is 10.5 Å². The molecule has 1 aliphatic heterocycles. The maximum atomic E-state index is 11.1. The topological polar surface area (TPSA) is 55.6 Å². The molecule has 1 fully saturated rings. The minimum absolute atomic E-state index is 0.410. The van der Waals surface area contributed by atoms with Crippen LogP contribution in [0.4, 0.5) is 0 Å². The van der Waals surface area contributed by atoms with Gasteiger partial charge in [-0.15, -0.1) is 0 Å². The third-order valence-electron chi connectivity index (χ3n) is 2.49. The van der Waals surface area contributed by atoms with Gasteiger partial charge in [0.1, 0.15) is 0 Å². The van der Waals surface area contributed by atoms with E-state index < -0.39 is 11.4 Å². The third kappa shape index (κ3) is 3.55. The molecule has 88 valence electrons. The molecule has 1 saturated heterocycles. The molecular formula is C11H22N2O2. The number of ether oxygens (including phenoxy) is 1. The number of piperidine rings is 1. The predicted molar refractivity (Wildman–Crippen MR) is 59.2 cm³/mol. The number of hydrogen-bond donors (Lipinski definition) is 1. The summed E-state index contributed by atoms with van der Waals surface area (Å²) in [6, 6.07) is 0. The van der Waals surface area contributed by atoms with Crippen LogP contribution in [0.3, 0.4) is 0 Å². The maximum absolute atomic E-state index is 11.1. The number of carbonyl (C=O) groups is 1. The fourth-order valence-corrected chi connectivity index (χ4v) is 1.90. The van der Waals surface area contributed by atoms with Crippen LogP contribution in [0.25, 0.3) is 0 Å². The quantitative estimate of drug-likeness (QED) is 0.564. The van der Waals surface area contributed by atoms with Crippen LogP contribution in [0, 0.1) is 0 Å². The van der Waals surface area contributed by atoms with Crippen molar-refractivity contribution in [1.82, 2.24) is 4.90 Å². The first kappa shape index (κ1) is 12.6. The van der Waals surface area contributed by atoms with Crippen LogP contribution in [0.2, 0.25) is 0 Å². The number of rotatable bonds is 3. The number of nitrogens with zero attached hydrogens (tertiary/aromatic N) is 1. The van der Waals surface area contributed by atoms with E-state index in [1.54, 1.807) is 0 Å². The van der Waals surface area contributed by atoms with Gasteiger partial charge in [0.2, 0.25) is 5.85 Å². The molecule has 4 heteroatoms. The Morgan fingerprint density at radius 3 is 2.13 bits per heavy atom. The highest BCUT2D eigenvalue weighted by Gasteiger charge is 2.37. The largest absolute Gasteiger partial charge is 0.335 e. The molecule has 1 unspecified atom stereocenters. The van der Waals surface area contributed by atoms with E-state index in [-0.39, 0.29) is 0 Å². The first-order valence-electron chi connectivity index (χ1n) is 5.58. The van der Waals surface area contributed by atoms with E-state index in [1.807, 2.05) is 25.7 Å². The summed E-state index contributed by atoms with van der Waals surface area (Å²) in [4.78, 5) is 13.0. The highest BCUT2D eigenvalue weighted by Crippen LogP contribution is 2.21. The molecule has 1 rings (SSSR count). The second kappa shape index (κ2) is 4.60. The van der Waals surface area contributed by atoms with Crippen molar-refractivity contribution in [3.8, 4) is 0 Å². The van der Waals surface area contributed by atoms with Crippen molar-refractivity contribution in [1.29, 1.82) is 0 Å². The number of likely N-dealkylation sites (tertiary alicyclic amines) is 1. The van der Waals surface area contributed by atoms with Gasteiger partial charge in [-0.3, -0.25) is 15.4 Å². The minimum atomic E-state index is -1.25. The van der Waals surface area contributed by atoms with Gasteiger partial charge in [-0.25, -0.2) is 0 Å². The summed E-state index contributed by atoms with van der Waals surface area (Å²) in [6.45, 7) is 7.39. The Kier molecular flexibility index (Phi) is 3.87. The highest BCUT2D eigenvalue weighted by atomic mass is 16.6. The Bertz CT molecular complexity index is 219. The standard InChI is InChI=1S/C11H22N2O2/c1-10(2,3)15-11(12,9-14)13-7-5-4-6-8-13/h9H,4-8,12H2,1-3H3. The van der Waals surface area contributed by atoms with Crippen LogP contribution in [0.5, 0.6) is 0 Å². The van der Waals surface area contributed by atoms with Crippen LogP contribution in [-0.2, 0) is 9.53 Å². The van der Waals surface area contributed by atoms with Gasteiger partial charge in [-0.2, -0.15) is 0 Å². The van der Waals surface area contributed by atoms with E-state index in [1.165, 1.54) is 6.42 Å². The normalized spacial score (nSPS) is 23.5. The van der Waals surface area contributed by atoms with E-state index in [0.29, 0.717) is 6.29 Å². The summed E-state index contributed by atoms with van der Waals surface area (Å²) in [5, 5.41) is 0. The first-order chi connectivity index (χ1) is 6.87. The molecule has 1 aliphatic rings. The third-order valence-corrected chi connectivity index (χ3v) is 2.49. The van der Waals surface area contributed by atoms with Gasteiger partial charge >= 0.3 is 0 Å². The zero-order valence-electron chi connectivity index (χ0n) is 9.95. The van der Waals surface area contributed by atoms with E-state index in [2.05, 4.69) is 0 Å². The molecule has 15 heavy (non-hydrogen) atoms. The van der Waals surface area contributed by atoms with Gasteiger partial charge in [0.05, 0.1) is 5.60 Å².